The van der Waals surface area contributed by atoms with Gasteiger partial charge in [0.15, 0.2) is 0 Å². The Hall–Kier alpha value is -2.87. The minimum Gasteiger partial charge on any atom is -0.369 e. The molecule has 122 valence electrons. The molecular formula is C19H20N4O. The average Bonchev–Trinajstić information content (AvgIpc) is 2.92. The first-order valence-electron chi connectivity index (χ1n) is 8.01. The molecular weight excluding hydrogens is 300 g/mol. The first kappa shape index (κ1) is 16.0. The molecule has 1 aromatic heterocycles. The van der Waals surface area contributed by atoms with Gasteiger partial charge in [-0.3, -0.25) is 4.79 Å². The average molecular weight is 320 g/mol. The predicted octanol–water partition coefficient (Wildman–Crippen LogP) is 3.21. The number of allylic oxidation sites excluding steroid dienone is 1. The van der Waals surface area contributed by atoms with Gasteiger partial charge in [0, 0.05) is 30.7 Å². The number of amides is 1. The van der Waals surface area contributed by atoms with Crippen molar-refractivity contribution >= 4 is 28.7 Å². The van der Waals surface area contributed by atoms with E-state index in [4.69, 9.17) is 0 Å². The summed E-state index contributed by atoms with van der Waals surface area (Å²) < 4.78 is 0. The van der Waals surface area contributed by atoms with Crippen molar-refractivity contribution in [2.45, 2.75) is 26.2 Å². The zero-order valence-electron chi connectivity index (χ0n) is 14.2. The van der Waals surface area contributed by atoms with Gasteiger partial charge in [0.25, 0.3) is 5.91 Å². The molecule has 0 bridgehead atoms. The van der Waals surface area contributed by atoms with Gasteiger partial charge in [0.05, 0.1) is 6.34 Å². The number of aromatic nitrogens is 1. The molecule has 1 aliphatic carbocycles. The van der Waals surface area contributed by atoms with E-state index in [1.165, 1.54) is 22.9 Å². The van der Waals surface area contributed by atoms with E-state index in [1.807, 2.05) is 0 Å². The summed E-state index contributed by atoms with van der Waals surface area (Å²) in [6, 6.07) is 8.34. The molecule has 5 nitrogen and oxygen atoms in total. The Labute approximate surface area is 141 Å². The summed E-state index contributed by atoms with van der Waals surface area (Å²) in [6.45, 7) is 2.07. The highest BCUT2D eigenvalue weighted by Crippen LogP contribution is 2.37. The molecule has 0 spiro atoms. The van der Waals surface area contributed by atoms with Gasteiger partial charge in [-0.15, -0.1) is 0 Å². The minimum absolute atomic E-state index is 0.136. The van der Waals surface area contributed by atoms with E-state index in [-0.39, 0.29) is 5.57 Å². The quantitative estimate of drug-likeness (QED) is 0.400. The molecule has 0 unspecified atom stereocenters. The molecule has 1 heterocycles. The lowest BCUT2D eigenvalue weighted by Gasteiger charge is -2.16. The lowest BCUT2D eigenvalue weighted by Crippen LogP contribution is -2.12. The number of aliphatic imine (C=N–C) groups is 1. The van der Waals surface area contributed by atoms with Crippen molar-refractivity contribution in [3.8, 4) is 6.07 Å². The van der Waals surface area contributed by atoms with Gasteiger partial charge in [0.2, 0.25) is 0 Å². The maximum absolute atomic E-state index is 12.3. The van der Waals surface area contributed by atoms with Gasteiger partial charge in [-0.25, -0.2) is 0 Å². The van der Waals surface area contributed by atoms with Crippen molar-refractivity contribution in [3.05, 3.63) is 40.6 Å². The van der Waals surface area contributed by atoms with Crippen LogP contribution < -0.4 is 0 Å². The number of nitriles is 1. The molecule has 2 aromatic rings. The van der Waals surface area contributed by atoms with E-state index in [2.05, 4.69) is 41.2 Å². The van der Waals surface area contributed by atoms with Crippen LogP contribution in [0.15, 0.2) is 28.8 Å². The highest BCUT2D eigenvalue weighted by molar-refractivity contribution is 6.08. The molecule has 1 aliphatic rings. The Morgan fingerprint density at radius 1 is 1.38 bits per heavy atom. The van der Waals surface area contributed by atoms with Crippen LogP contribution in [0.4, 0.5) is 0 Å². The fourth-order valence-corrected chi connectivity index (χ4v) is 3.17. The number of aromatic amines is 1. The third kappa shape index (κ3) is 2.83. The topological polar surface area (TPSA) is 72.2 Å². The summed E-state index contributed by atoms with van der Waals surface area (Å²) >= 11 is 0. The summed E-state index contributed by atoms with van der Waals surface area (Å²) in [7, 11) is 3.57. The second-order valence-corrected chi connectivity index (χ2v) is 6.36. The maximum Gasteiger partial charge on any atom is 0.289 e. The summed E-state index contributed by atoms with van der Waals surface area (Å²) in [5.74, 6) is -0.483. The van der Waals surface area contributed by atoms with Gasteiger partial charge in [-0.2, -0.15) is 10.3 Å². The van der Waals surface area contributed by atoms with Crippen LogP contribution in [-0.4, -0.2) is 36.2 Å². The van der Waals surface area contributed by atoms with Crippen LogP contribution in [-0.2, 0) is 11.2 Å². The van der Waals surface area contributed by atoms with Crippen LogP contribution in [0.5, 0.6) is 0 Å². The Morgan fingerprint density at radius 2 is 2.17 bits per heavy atom. The van der Waals surface area contributed by atoms with Gasteiger partial charge in [-0.1, -0.05) is 11.6 Å². The van der Waals surface area contributed by atoms with Crippen LogP contribution >= 0.6 is 0 Å². The number of rotatable bonds is 2. The third-order valence-electron chi connectivity index (χ3n) is 4.25. The number of benzene rings is 1. The highest BCUT2D eigenvalue weighted by Gasteiger charge is 2.24. The number of H-pyrrole nitrogens is 1. The van der Waals surface area contributed by atoms with Crippen molar-refractivity contribution in [3.63, 3.8) is 0 Å². The molecule has 0 saturated carbocycles. The Morgan fingerprint density at radius 3 is 2.88 bits per heavy atom. The fourth-order valence-electron chi connectivity index (χ4n) is 3.17. The first-order valence-corrected chi connectivity index (χ1v) is 8.01. The van der Waals surface area contributed by atoms with E-state index >= 15 is 0 Å². The number of nitrogens with zero attached hydrogens (tertiary/aromatic N) is 3. The van der Waals surface area contributed by atoms with E-state index in [9.17, 15) is 10.1 Å². The summed E-state index contributed by atoms with van der Waals surface area (Å²) in [6.07, 6.45) is 4.03. The number of fused-ring (bicyclic) bond motifs is 3. The lowest BCUT2D eigenvalue weighted by molar-refractivity contribution is -0.113. The maximum atomic E-state index is 12.3. The monoisotopic (exact) mass is 320 g/mol. The summed E-state index contributed by atoms with van der Waals surface area (Å²) in [5, 5.41) is 10.7. The van der Waals surface area contributed by atoms with Crippen molar-refractivity contribution in [2.24, 2.45) is 4.99 Å². The molecule has 1 N–H and O–H groups in total. The highest BCUT2D eigenvalue weighted by atomic mass is 16.1. The van der Waals surface area contributed by atoms with Crippen LogP contribution in [0.25, 0.3) is 16.5 Å². The lowest BCUT2D eigenvalue weighted by atomic mass is 9.88. The van der Waals surface area contributed by atoms with Gasteiger partial charge >= 0.3 is 0 Å². The van der Waals surface area contributed by atoms with Crippen LogP contribution in [0.3, 0.4) is 0 Å². The zero-order valence-corrected chi connectivity index (χ0v) is 14.2. The molecule has 0 saturated heterocycles. The molecule has 3 rings (SSSR count). The van der Waals surface area contributed by atoms with Crippen molar-refractivity contribution in [2.75, 3.05) is 14.1 Å². The normalized spacial score (nSPS) is 16.1. The van der Waals surface area contributed by atoms with E-state index in [0.29, 0.717) is 6.42 Å². The van der Waals surface area contributed by atoms with Crippen LogP contribution in [0, 0.1) is 18.3 Å². The van der Waals surface area contributed by atoms with Crippen molar-refractivity contribution < 1.29 is 4.79 Å². The Kier molecular flexibility index (Phi) is 4.22. The molecule has 5 heteroatoms. The standard InChI is InChI=1S/C19H20N4O/c1-12-7-8-17-15(9-12)13-5-4-6-14(18(13)22-17)16(10-20)19(24)21-11-23(2)3/h7-9,11,22H,4-6H2,1-3H3. The molecule has 1 amide bonds. The van der Waals surface area contributed by atoms with Crippen molar-refractivity contribution in [1.82, 2.24) is 9.88 Å². The largest absolute Gasteiger partial charge is 0.369 e. The minimum atomic E-state index is -0.483. The van der Waals surface area contributed by atoms with Gasteiger partial charge < -0.3 is 9.88 Å². The summed E-state index contributed by atoms with van der Waals surface area (Å²) in [5.41, 5.74) is 5.30. The van der Waals surface area contributed by atoms with Crippen LogP contribution in [0.1, 0.15) is 29.7 Å². The molecule has 0 atom stereocenters. The number of nitrogens with one attached hydrogen (secondary N) is 1. The van der Waals surface area contributed by atoms with E-state index in [1.54, 1.807) is 19.0 Å². The number of hydrogen-bond donors (Lipinski definition) is 1. The van der Waals surface area contributed by atoms with Crippen molar-refractivity contribution in [1.29, 1.82) is 5.26 Å². The van der Waals surface area contributed by atoms with E-state index < -0.39 is 5.91 Å². The fraction of sp³-hybridized carbons (Fsp3) is 0.316. The smallest absolute Gasteiger partial charge is 0.289 e. The second kappa shape index (κ2) is 6.32. The molecule has 24 heavy (non-hydrogen) atoms. The number of carbonyl (C=O) groups excluding carboxylic acids is 1. The SMILES string of the molecule is Cc1ccc2[nH]c3c(c2c1)CCCC3=C(C#N)C(=O)N=CN(C)C. The van der Waals surface area contributed by atoms with Gasteiger partial charge in [0.1, 0.15) is 11.6 Å². The number of carbonyl (C=O) groups is 1. The molecule has 0 aliphatic heterocycles. The third-order valence-corrected chi connectivity index (χ3v) is 4.25. The predicted molar refractivity (Wildman–Crippen MR) is 95.7 cm³/mol. The van der Waals surface area contributed by atoms with E-state index in [0.717, 1.165) is 29.6 Å². The first-order chi connectivity index (χ1) is 11.5. The molecule has 1 aromatic carbocycles. The van der Waals surface area contributed by atoms with Crippen LogP contribution in [0.2, 0.25) is 0 Å². The van der Waals surface area contributed by atoms with Gasteiger partial charge in [-0.05, 0) is 49.5 Å². The number of hydrogen-bond acceptors (Lipinski definition) is 2. The zero-order chi connectivity index (χ0) is 17.3. The summed E-state index contributed by atoms with van der Waals surface area (Å²) in [4.78, 5) is 21.3. The molecule has 0 radical (unpaired) electrons. The Bertz CT molecular complexity index is 909. The second-order valence-electron chi connectivity index (χ2n) is 6.36. The number of aryl methyl sites for hydroxylation is 2. The Balaban J connectivity index is 2.15. The molecule has 0 fully saturated rings.